The normalized spacial score (nSPS) is 33.0. The smallest absolute Gasteiger partial charge is 0.154 e. The standard InChI is InChI=1S/C11H13BrN2OS2/c12-8-3-9(16-5-8)11-6-15-2-1-7(11)4-17-10(13)14-11/h3,5,7H,1-2,4,6H2,(H2,13,14)/t7-,11-/m0/s1. The van der Waals surface area contributed by atoms with Crippen molar-refractivity contribution in [2.24, 2.45) is 16.6 Å². The molecule has 0 saturated carbocycles. The molecule has 2 N–H and O–H groups in total. The fourth-order valence-corrected chi connectivity index (χ4v) is 5.12. The third-order valence-electron chi connectivity index (χ3n) is 3.34. The Morgan fingerprint density at radius 1 is 1.59 bits per heavy atom. The van der Waals surface area contributed by atoms with Crippen LogP contribution >= 0.6 is 39.0 Å². The Morgan fingerprint density at radius 3 is 3.24 bits per heavy atom. The van der Waals surface area contributed by atoms with Crippen LogP contribution in [0.4, 0.5) is 0 Å². The molecule has 0 bridgehead atoms. The van der Waals surface area contributed by atoms with Crippen molar-refractivity contribution in [3.63, 3.8) is 0 Å². The van der Waals surface area contributed by atoms with Gasteiger partial charge in [0, 0.05) is 33.0 Å². The van der Waals surface area contributed by atoms with Crippen molar-refractivity contribution in [1.29, 1.82) is 0 Å². The summed E-state index contributed by atoms with van der Waals surface area (Å²) in [5.74, 6) is 1.59. The van der Waals surface area contributed by atoms with Crippen LogP contribution in [0.1, 0.15) is 11.3 Å². The van der Waals surface area contributed by atoms with Gasteiger partial charge in [-0.05, 0) is 28.4 Å². The molecule has 1 saturated heterocycles. The molecule has 3 heterocycles. The summed E-state index contributed by atoms with van der Waals surface area (Å²) in [4.78, 5) is 6.00. The van der Waals surface area contributed by atoms with Crippen LogP contribution in [0.2, 0.25) is 0 Å². The van der Waals surface area contributed by atoms with Crippen molar-refractivity contribution in [3.8, 4) is 0 Å². The molecule has 17 heavy (non-hydrogen) atoms. The number of hydrogen-bond donors (Lipinski definition) is 1. The Hall–Kier alpha value is -0.0400. The molecule has 1 aromatic rings. The van der Waals surface area contributed by atoms with Gasteiger partial charge in [-0.15, -0.1) is 11.3 Å². The predicted octanol–water partition coefficient (Wildman–Crippen LogP) is 2.80. The fraction of sp³-hybridized carbons (Fsp3) is 0.545. The van der Waals surface area contributed by atoms with Crippen molar-refractivity contribution in [3.05, 3.63) is 20.8 Å². The highest BCUT2D eigenvalue weighted by molar-refractivity contribution is 9.10. The number of thioether (sulfide) groups is 1. The Bertz CT molecular complexity index is 462. The molecule has 1 aromatic heterocycles. The quantitative estimate of drug-likeness (QED) is 0.860. The maximum absolute atomic E-state index is 5.92. The molecule has 0 spiro atoms. The van der Waals surface area contributed by atoms with E-state index >= 15 is 0 Å². The predicted molar refractivity (Wildman–Crippen MR) is 76.7 cm³/mol. The lowest BCUT2D eigenvalue weighted by Gasteiger charge is -2.42. The van der Waals surface area contributed by atoms with Crippen molar-refractivity contribution < 1.29 is 4.74 Å². The summed E-state index contributed by atoms with van der Waals surface area (Å²) in [6, 6.07) is 2.15. The number of nitrogens with zero attached hydrogens (tertiary/aromatic N) is 1. The number of rotatable bonds is 1. The van der Waals surface area contributed by atoms with Gasteiger partial charge in [-0.1, -0.05) is 11.8 Å². The number of thiophene rings is 1. The Balaban J connectivity index is 2.07. The lowest BCUT2D eigenvalue weighted by Crippen LogP contribution is -2.47. The summed E-state index contributed by atoms with van der Waals surface area (Å²) in [5.41, 5.74) is 5.69. The SMILES string of the molecule is NC1=N[C@@]2(c3cc(Br)cs3)COCC[C@H]2CS1. The number of aliphatic imine (C=N–C) groups is 1. The number of halogens is 1. The fourth-order valence-electron chi connectivity index (χ4n) is 2.44. The van der Waals surface area contributed by atoms with Crippen LogP contribution in [0.5, 0.6) is 0 Å². The summed E-state index contributed by atoms with van der Waals surface area (Å²) in [7, 11) is 0. The summed E-state index contributed by atoms with van der Waals surface area (Å²) < 4.78 is 6.79. The molecule has 0 unspecified atom stereocenters. The molecule has 92 valence electrons. The second-order valence-corrected chi connectivity index (χ2v) is 7.22. The van der Waals surface area contributed by atoms with E-state index in [9.17, 15) is 0 Å². The molecule has 0 aromatic carbocycles. The first kappa shape index (κ1) is 12.0. The third-order valence-corrected chi connectivity index (χ3v) is 6.16. The van der Waals surface area contributed by atoms with E-state index in [1.807, 2.05) is 0 Å². The van der Waals surface area contributed by atoms with Crippen LogP contribution in [0, 0.1) is 5.92 Å². The number of fused-ring (bicyclic) bond motifs is 1. The second-order valence-electron chi connectivity index (χ2n) is 4.35. The minimum absolute atomic E-state index is 0.232. The van der Waals surface area contributed by atoms with Gasteiger partial charge < -0.3 is 10.5 Å². The Morgan fingerprint density at radius 2 is 2.47 bits per heavy atom. The lowest BCUT2D eigenvalue weighted by molar-refractivity contribution is 0.00610. The molecule has 2 atom stereocenters. The average Bonchev–Trinajstić information content (AvgIpc) is 2.76. The van der Waals surface area contributed by atoms with Gasteiger partial charge in [-0.3, -0.25) is 0 Å². The molecule has 0 aliphatic carbocycles. The van der Waals surface area contributed by atoms with Gasteiger partial charge in [0.2, 0.25) is 0 Å². The van der Waals surface area contributed by atoms with E-state index in [1.165, 1.54) is 4.88 Å². The highest BCUT2D eigenvalue weighted by Crippen LogP contribution is 2.46. The highest BCUT2D eigenvalue weighted by atomic mass is 79.9. The van der Waals surface area contributed by atoms with E-state index in [1.54, 1.807) is 23.1 Å². The van der Waals surface area contributed by atoms with E-state index in [0.29, 0.717) is 17.7 Å². The molecule has 3 nitrogen and oxygen atoms in total. The minimum Gasteiger partial charge on any atom is -0.379 e. The van der Waals surface area contributed by atoms with E-state index in [0.717, 1.165) is 23.3 Å². The molecule has 0 radical (unpaired) electrons. The Kier molecular flexibility index (Phi) is 3.23. The van der Waals surface area contributed by atoms with Crippen molar-refractivity contribution in [2.45, 2.75) is 12.0 Å². The van der Waals surface area contributed by atoms with Gasteiger partial charge in [0.15, 0.2) is 5.17 Å². The summed E-state index contributed by atoms with van der Waals surface area (Å²) in [6.07, 6.45) is 1.07. The number of amidine groups is 1. The van der Waals surface area contributed by atoms with Crippen molar-refractivity contribution >= 4 is 44.2 Å². The first-order chi connectivity index (χ1) is 8.21. The minimum atomic E-state index is -0.232. The summed E-state index contributed by atoms with van der Waals surface area (Å²) >= 11 is 6.92. The number of hydrogen-bond acceptors (Lipinski definition) is 5. The van der Waals surface area contributed by atoms with Crippen molar-refractivity contribution in [2.75, 3.05) is 19.0 Å². The zero-order chi connectivity index (χ0) is 11.9. The Labute approximate surface area is 117 Å². The number of ether oxygens (including phenoxy) is 1. The van der Waals surface area contributed by atoms with Crippen LogP contribution in [-0.4, -0.2) is 24.1 Å². The van der Waals surface area contributed by atoms with Gasteiger partial charge >= 0.3 is 0 Å². The molecule has 2 aliphatic rings. The van der Waals surface area contributed by atoms with Gasteiger partial charge in [0.25, 0.3) is 0 Å². The zero-order valence-electron chi connectivity index (χ0n) is 9.19. The highest BCUT2D eigenvalue weighted by Gasteiger charge is 2.46. The lowest BCUT2D eigenvalue weighted by atomic mass is 9.81. The summed E-state index contributed by atoms with van der Waals surface area (Å²) in [5, 5.41) is 2.79. The third kappa shape index (κ3) is 2.05. The molecule has 2 aliphatic heterocycles. The number of nitrogens with two attached hydrogens (primary N) is 1. The van der Waals surface area contributed by atoms with Crippen LogP contribution in [0.3, 0.4) is 0 Å². The van der Waals surface area contributed by atoms with Gasteiger partial charge in [0.1, 0.15) is 5.54 Å². The van der Waals surface area contributed by atoms with Crippen LogP contribution in [0.15, 0.2) is 20.9 Å². The monoisotopic (exact) mass is 332 g/mol. The largest absolute Gasteiger partial charge is 0.379 e. The van der Waals surface area contributed by atoms with Gasteiger partial charge in [-0.2, -0.15) is 0 Å². The van der Waals surface area contributed by atoms with E-state index in [4.69, 9.17) is 15.5 Å². The summed E-state index contributed by atoms with van der Waals surface area (Å²) in [6.45, 7) is 1.50. The maximum Gasteiger partial charge on any atom is 0.154 e. The molecule has 1 fully saturated rings. The molecule has 0 amide bonds. The van der Waals surface area contributed by atoms with Gasteiger partial charge in [0.05, 0.1) is 6.61 Å². The first-order valence-corrected chi connectivity index (χ1v) is 8.17. The van der Waals surface area contributed by atoms with E-state index in [2.05, 4.69) is 27.4 Å². The van der Waals surface area contributed by atoms with Crippen molar-refractivity contribution in [1.82, 2.24) is 0 Å². The molecule has 6 heteroatoms. The molecular formula is C11H13BrN2OS2. The average molecular weight is 333 g/mol. The van der Waals surface area contributed by atoms with Crippen LogP contribution in [-0.2, 0) is 10.3 Å². The second kappa shape index (κ2) is 4.57. The topological polar surface area (TPSA) is 47.6 Å². The maximum atomic E-state index is 5.92. The van der Waals surface area contributed by atoms with E-state index in [-0.39, 0.29) is 5.54 Å². The first-order valence-electron chi connectivity index (χ1n) is 5.51. The van der Waals surface area contributed by atoms with Gasteiger partial charge in [-0.25, -0.2) is 4.99 Å². The molecular weight excluding hydrogens is 320 g/mol. The molecule has 3 rings (SSSR count). The van der Waals surface area contributed by atoms with Crippen LogP contribution in [0.25, 0.3) is 0 Å². The van der Waals surface area contributed by atoms with Crippen LogP contribution < -0.4 is 5.73 Å². The zero-order valence-corrected chi connectivity index (χ0v) is 12.4. The van der Waals surface area contributed by atoms with E-state index < -0.39 is 0 Å².